The van der Waals surface area contributed by atoms with Gasteiger partial charge in [0.25, 0.3) is 0 Å². The van der Waals surface area contributed by atoms with E-state index in [1.807, 2.05) is 10.6 Å². The minimum Gasteiger partial charge on any atom is -0.481 e. The van der Waals surface area contributed by atoms with Gasteiger partial charge in [0.05, 0.1) is 7.11 Å². The van der Waals surface area contributed by atoms with Crippen LogP contribution in [-0.2, 0) is 6.54 Å². The highest BCUT2D eigenvalue weighted by Crippen LogP contribution is 2.52. The van der Waals surface area contributed by atoms with Crippen LogP contribution < -0.4 is 10.5 Å². The van der Waals surface area contributed by atoms with Crippen LogP contribution in [-0.4, -0.2) is 21.6 Å². The van der Waals surface area contributed by atoms with Crippen molar-refractivity contribution in [3.05, 3.63) is 12.1 Å². The van der Waals surface area contributed by atoms with Crippen LogP contribution in [0.15, 0.2) is 12.1 Å². The molecular formula is C13H18N4O. The molecule has 2 aromatic heterocycles. The van der Waals surface area contributed by atoms with Crippen molar-refractivity contribution in [2.75, 3.05) is 12.8 Å². The lowest BCUT2D eigenvalue weighted by atomic mass is 10.1. The molecule has 3 rings (SSSR count). The van der Waals surface area contributed by atoms with E-state index in [2.05, 4.69) is 23.8 Å². The molecule has 18 heavy (non-hydrogen) atoms. The Morgan fingerprint density at radius 3 is 2.78 bits per heavy atom. The van der Waals surface area contributed by atoms with Crippen molar-refractivity contribution in [2.45, 2.75) is 26.8 Å². The zero-order chi connectivity index (χ0) is 12.9. The van der Waals surface area contributed by atoms with Crippen LogP contribution in [0, 0.1) is 11.3 Å². The topological polar surface area (TPSA) is 66.0 Å². The molecule has 1 fully saturated rings. The first kappa shape index (κ1) is 11.3. The number of hydrogen-bond acceptors (Lipinski definition) is 4. The van der Waals surface area contributed by atoms with E-state index < -0.39 is 0 Å². The number of imidazole rings is 1. The first-order chi connectivity index (χ1) is 8.51. The molecule has 0 radical (unpaired) electrons. The fraction of sp³-hybridized carbons (Fsp3) is 0.538. The molecule has 0 aromatic carbocycles. The molecule has 1 aliphatic carbocycles. The van der Waals surface area contributed by atoms with Gasteiger partial charge in [-0.3, -0.25) is 4.57 Å². The van der Waals surface area contributed by atoms with E-state index in [1.165, 1.54) is 6.42 Å². The molecule has 0 amide bonds. The van der Waals surface area contributed by atoms with E-state index >= 15 is 0 Å². The number of hydrogen-bond donors (Lipinski definition) is 1. The standard InChI is InChI=1S/C13H18N4O/c1-13(2)6-8(13)7-17-11-9(15-12(17)14)4-5-10(16-11)18-3/h4-5,8H,6-7H2,1-3H3,(H2,14,15). The lowest BCUT2D eigenvalue weighted by Gasteiger charge is -2.07. The van der Waals surface area contributed by atoms with Crippen LogP contribution in [0.4, 0.5) is 5.95 Å². The molecule has 5 nitrogen and oxygen atoms in total. The van der Waals surface area contributed by atoms with Gasteiger partial charge in [-0.1, -0.05) is 13.8 Å². The van der Waals surface area contributed by atoms with Gasteiger partial charge in [-0.2, -0.15) is 4.98 Å². The van der Waals surface area contributed by atoms with Crippen LogP contribution in [0.2, 0.25) is 0 Å². The predicted octanol–water partition coefficient (Wildman–Crippen LogP) is 2.07. The van der Waals surface area contributed by atoms with Crippen molar-refractivity contribution >= 4 is 17.1 Å². The number of nitrogens with two attached hydrogens (primary N) is 1. The Labute approximate surface area is 106 Å². The molecule has 96 valence electrons. The van der Waals surface area contributed by atoms with Gasteiger partial charge in [0.1, 0.15) is 5.52 Å². The summed E-state index contributed by atoms with van der Waals surface area (Å²) >= 11 is 0. The number of pyridine rings is 1. The highest BCUT2D eigenvalue weighted by Gasteiger charge is 2.45. The lowest BCUT2D eigenvalue weighted by molar-refractivity contribution is 0.398. The highest BCUT2D eigenvalue weighted by atomic mass is 16.5. The van der Waals surface area contributed by atoms with Gasteiger partial charge in [-0.25, -0.2) is 4.98 Å². The fourth-order valence-electron chi connectivity index (χ4n) is 2.40. The van der Waals surface area contributed by atoms with E-state index in [9.17, 15) is 0 Å². The monoisotopic (exact) mass is 246 g/mol. The van der Waals surface area contributed by atoms with Crippen LogP contribution in [0.5, 0.6) is 5.88 Å². The number of rotatable bonds is 3. The molecule has 2 N–H and O–H groups in total. The number of methoxy groups -OCH3 is 1. The van der Waals surface area contributed by atoms with E-state index in [1.54, 1.807) is 13.2 Å². The van der Waals surface area contributed by atoms with E-state index in [0.717, 1.165) is 17.7 Å². The first-order valence-corrected chi connectivity index (χ1v) is 6.18. The average Bonchev–Trinajstić information content (AvgIpc) is 2.81. The van der Waals surface area contributed by atoms with Gasteiger partial charge >= 0.3 is 0 Å². The molecule has 0 saturated heterocycles. The van der Waals surface area contributed by atoms with Gasteiger partial charge in [0, 0.05) is 12.6 Å². The Morgan fingerprint density at radius 2 is 2.17 bits per heavy atom. The normalized spacial score (nSPS) is 21.2. The van der Waals surface area contributed by atoms with Crippen LogP contribution in [0.25, 0.3) is 11.2 Å². The third-order valence-corrected chi connectivity index (χ3v) is 3.93. The summed E-state index contributed by atoms with van der Waals surface area (Å²) in [5.41, 5.74) is 8.04. The smallest absolute Gasteiger partial charge is 0.215 e. The fourth-order valence-corrected chi connectivity index (χ4v) is 2.40. The Morgan fingerprint density at radius 1 is 1.44 bits per heavy atom. The van der Waals surface area contributed by atoms with Crippen molar-refractivity contribution in [3.8, 4) is 5.88 Å². The minimum atomic E-state index is 0.419. The number of ether oxygens (including phenoxy) is 1. The Balaban J connectivity index is 2.01. The number of nitrogens with zero attached hydrogens (tertiary/aromatic N) is 3. The molecule has 5 heteroatoms. The number of aromatic nitrogens is 3. The van der Waals surface area contributed by atoms with Crippen molar-refractivity contribution in [1.82, 2.24) is 14.5 Å². The van der Waals surface area contributed by atoms with Crippen molar-refractivity contribution in [1.29, 1.82) is 0 Å². The van der Waals surface area contributed by atoms with Gasteiger partial charge < -0.3 is 10.5 Å². The highest BCUT2D eigenvalue weighted by molar-refractivity contribution is 5.74. The Bertz CT molecular complexity index is 602. The lowest BCUT2D eigenvalue weighted by Crippen LogP contribution is -2.08. The van der Waals surface area contributed by atoms with Crippen molar-refractivity contribution < 1.29 is 4.74 Å². The minimum absolute atomic E-state index is 0.419. The summed E-state index contributed by atoms with van der Waals surface area (Å²) in [5, 5.41) is 0. The van der Waals surface area contributed by atoms with Crippen LogP contribution >= 0.6 is 0 Å². The van der Waals surface area contributed by atoms with Gasteiger partial charge in [-0.05, 0) is 23.8 Å². The molecule has 2 heterocycles. The summed E-state index contributed by atoms with van der Waals surface area (Å²) in [6, 6.07) is 3.70. The summed E-state index contributed by atoms with van der Waals surface area (Å²) < 4.78 is 7.15. The molecule has 0 aliphatic heterocycles. The molecule has 0 bridgehead atoms. The second kappa shape index (κ2) is 3.60. The second-order valence-corrected chi connectivity index (χ2v) is 5.67. The molecule has 1 saturated carbocycles. The molecule has 1 unspecified atom stereocenters. The van der Waals surface area contributed by atoms with Crippen LogP contribution in [0.3, 0.4) is 0 Å². The average molecular weight is 246 g/mol. The van der Waals surface area contributed by atoms with Gasteiger partial charge in [0.15, 0.2) is 5.65 Å². The van der Waals surface area contributed by atoms with Crippen molar-refractivity contribution in [2.24, 2.45) is 11.3 Å². The summed E-state index contributed by atoms with van der Waals surface area (Å²) in [6.45, 7) is 5.44. The molecule has 1 atom stereocenters. The summed E-state index contributed by atoms with van der Waals surface area (Å²) in [7, 11) is 1.61. The first-order valence-electron chi connectivity index (χ1n) is 6.18. The van der Waals surface area contributed by atoms with Crippen LogP contribution in [0.1, 0.15) is 20.3 Å². The molecule has 0 spiro atoms. The number of nitrogen functional groups attached to an aromatic ring is 1. The largest absolute Gasteiger partial charge is 0.481 e. The summed E-state index contributed by atoms with van der Waals surface area (Å²) in [4.78, 5) is 8.78. The number of fused-ring (bicyclic) bond motifs is 1. The van der Waals surface area contributed by atoms with Crippen molar-refractivity contribution in [3.63, 3.8) is 0 Å². The SMILES string of the molecule is COc1ccc2nc(N)n(CC3CC3(C)C)c2n1. The summed E-state index contributed by atoms with van der Waals surface area (Å²) in [5.74, 6) is 1.79. The maximum atomic E-state index is 5.98. The molecule has 1 aliphatic rings. The Hall–Kier alpha value is -1.78. The quantitative estimate of drug-likeness (QED) is 0.900. The molecular weight excluding hydrogens is 228 g/mol. The summed E-state index contributed by atoms with van der Waals surface area (Å²) in [6.07, 6.45) is 1.23. The third-order valence-electron chi connectivity index (χ3n) is 3.93. The van der Waals surface area contributed by atoms with E-state index in [-0.39, 0.29) is 0 Å². The predicted molar refractivity (Wildman–Crippen MR) is 70.4 cm³/mol. The van der Waals surface area contributed by atoms with Gasteiger partial charge in [-0.15, -0.1) is 0 Å². The maximum absolute atomic E-state index is 5.98. The zero-order valence-corrected chi connectivity index (χ0v) is 11.0. The number of anilines is 1. The third kappa shape index (κ3) is 1.70. The Kier molecular flexibility index (Phi) is 2.27. The van der Waals surface area contributed by atoms with E-state index in [0.29, 0.717) is 23.2 Å². The van der Waals surface area contributed by atoms with Gasteiger partial charge in [0.2, 0.25) is 11.8 Å². The van der Waals surface area contributed by atoms with E-state index in [4.69, 9.17) is 10.5 Å². The maximum Gasteiger partial charge on any atom is 0.215 e. The molecule has 2 aromatic rings. The zero-order valence-electron chi connectivity index (χ0n) is 11.0. The second-order valence-electron chi connectivity index (χ2n) is 5.67.